The van der Waals surface area contributed by atoms with Crippen LogP contribution in [0.2, 0.25) is 0 Å². The number of carbonyl (C=O) groups excluding carboxylic acids is 3. The molecule has 7 N–H and O–H groups in total. The summed E-state index contributed by atoms with van der Waals surface area (Å²) in [6.07, 6.45) is 0.00514. The molecule has 0 bridgehead atoms. The van der Waals surface area contributed by atoms with E-state index >= 15 is 0 Å². The van der Waals surface area contributed by atoms with Gasteiger partial charge in [-0.25, -0.2) is 4.79 Å². The van der Waals surface area contributed by atoms with Gasteiger partial charge in [0.2, 0.25) is 12.1 Å². The third-order valence-electron chi connectivity index (χ3n) is 11.8. The summed E-state index contributed by atoms with van der Waals surface area (Å²) in [4.78, 5) is 59.5. The van der Waals surface area contributed by atoms with Gasteiger partial charge in [-0.1, -0.05) is 20.8 Å². The number of amides is 1. The van der Waals surface area contributed by atoms with Crippen LogP contribution >= 0.6 is 0 Å². The van der Waals surface area contributed by atoms with Crippen LogP contribution in [0.3, 0.4) is 0 Å². The standard InChI is InChI=1S/C38H65N7O10/c1-10-28-38(51,45-14-13-29(39)43-36(45)50)32(42-20-46)24(5)41-17-21(2)16-37(6,52-9)33(22(3)30(47)23(4)34(49)54-28)55-35-31(48)27(44(7)8)15-26(53-35)19-40-18-25-11-12-25/h13-14,20-28,31-33,35,40-41,48,51H,10-12,15-19H2,1-9H3,(H,42,46)(H2,39,43,50)/t21-,22+,23-,24-,26+,27?,28-,31?,32-,33-,35+,37-,38-/m1/s1. The second kappa shape index (κ2) is 18.9. The van der Waals surface area contributed by atoms with Crippen molar-refractivity contribution in [2.45, 2.75) is 134 Å². The molecular weight excluding hydrogens is 714 g/mol. The quantitative estimate of drug-likeness (QED) is 0.0930. The van der Waals surface area contributed by atoms with E-state index < -0.39 is 77.3 Å². The maximum absolute atomic E-state index is 14.4. The van der Waals surface area contributed by atoms with Gasteiger partial charge in [0.15, 0.2) is 18.2 Å². The Balaban J connectivity index is 1.75. The van der Waals surface area contributed by atoms with Crippen LogP contribution in [-0.2, 0) is 39.1 Å². The molecule has 17 nitrogen and oxygen atoms in total. The van der Waals surface area contributed by atoms with E-state index in [0.29, 0.717) is 38.3 Å². The van der Waals surface area contributed by atoms with E-state index in [1.807, 2.05) is 32.8 Å². The minimum atomic E-state index is -2.39. The number of ether oxygens (including phenoxy) is 4. The van der Waals surface area contributed by atoms with E-state index in [9.17, 15) is 29.4 Å². The third-order valence-corrected chi connectivity index (χ3v) is 11.8. The van der Waals surface area contributed by atoms with Crippen molar-refractivity contribution in [3.05, 3.63) is 22.7 Å². The minimum Gasteiger partial charge on any atom is -0.457 e. The Kier molecular flexibility index (Phi) is 15.4. The molecule has 55 heavy (non-hydrogen) atoms. The van der Waals surface area contributed by atoms with Gasteiger partial charge in [-0.3, -0.25) is 19.0 Å². The highest BCUT2D eigenvalue weighted by Crippen LogP contribution is 2.37. The Morgan fingerprint density at radius 2 is 1.87 bits per heavy atom. The molecule has 4 rings (SSSR count). The first-order valence-electron chi connectivity index (χ1n) is 19.6. The second-order valence-corrected chi connectivity index (χ2v) is 16.4. The van der Waals surface area contributed by atoms with Crippen LogP contribution in [0.1, 0.15) is 73.6 Å². The number of nitrogens with zero attached hydrogens (tertiary/aromatic N) is 3. The van der Waals surface area contributed by atoms with E-state index in [1.54, 1.807) is 20.8 Å². The van der Waals surface area contributed by atoms with E-state index in [1.165, 1.54) is 39.1 Å². The normalized spacial score (nSPS) is 38.5. The van der Waals surface area contributed by atoms with Gasteiger partial charge in [0.1, 0.15) is 17.8 Å². The van der Waals surface area contributed by atoms with Gasteiger partial charge in [0.05, 0.1) is 23.9 Å². The van der Waals surface area contributed by atoms with Crippen LogP contribution < -0.4 is 27.4 Å². The highest BCUT2D eigenvalue weighted by atomic mass is 16.7. The summed E-state index contributed by atoms with van der Waals surface area (Å²) in [5.74, 6) is -3.43. The van der Waals surface area contributed by atoms with Crippen molar-refractivity contribution in [1.82, 2.24) is 30.4 Å². The summed E-state index contributed by atoms with van der Waals surface area (Å²) in [7, 11) is 5.31. The number of aromatic nitrogens is 2. The SMILES string of the molecule is CC[C@H]1OC(=O)[C@H](C)C(=O)[C@H](C)[C@@H](O[C@@H]2O[C@H](CNCC3CC3)CC(N(C)C)C2O)[C@](C)(OC)C[C@@H](C)CN[C@H](C)[C@@H](NC=O)[C@@]1(O)n1ccc(N)nc1=O. The van der Waals surface area contributed by atoms with Crippen LogP contribution in [0.25, 0.3) is 0 Å². The number of methoxy groups -OCH3 is 1. The fraction of sp³-hybridized carbons (Fsp3) is 0.816. The average molecular weight is 780 g/mol. The number of nitrogens with two attached hydrogens (primary N) is 1. The van der Waals surface area contributed by atoms with Gasteiger partial charge in [0.25, 0.3) is 0 Å². The fourth-order valence-electron chi connectivity index (χ4n) is 8.24. The molecule has 0 radical (unpaired) electrons. The molecule has 17 heteroatoms. The van der Waals surface area contributed by atoms with Crippen molar-refractivity contribution < 1.29 is 43.5 Å². The van der Waals surface area contributed by atoms with Gasteiger partial charge in [0, 0.05) is 37.9 Å². The van der Waals surface area contributed by atoms with Crippen LogP contribution in [0.4, 0.5) is 5.82 Å². The van der Waals surface area contributed by atoms with Crippen LogP contribution in [-0.4, -0.2) is 138 Å². The first-order valence-corrected chi connectivity index (χ1v) is 19.6. The third kappa shape index (κ3) is 10.3. The largest absolute Gasteiger partial charge is 0.457 e. The topological polar surface area (TPSA) is 229 Å². The Labute approximate surface area is 324 Å². The first-order chi connectivity index (χ1) is 25.9. The number of nitrogen functional groups attached to an aromatic ring is 1. The number of hydrogen-bond donors (Lipinski definition) is 6. The summed E-state index contributed by atoms with van der Waals surface area (Å²) in [5.41, 5.74) is 1.30. The molecule has 1 aromatic rings. The van der Waals surface area contributed by atoms with Crippen molar-refractivity contribution in [2.24, 2.45) is 23.7 Å². The van der Waals surface area contributed by atoms with Crippen molar-refractivity contribution in [2.75, 3.05) is 46.6 Å². The van der Waals surface area contributed by atoms with Crippen molar-refractivity contribution in [1.29, 1.82) is 0 Å². The van der Waals surface area contributed by atoms with E-state index in [2.05, 4.69) is 20.9 Å². The molecule has 0 aromatic carbocycles. The first kappa shape index (κ1) is 44.7. The number of ketones is 1. The number of nitrogens with one attached hydrogen (secondary N) is 3. The van der Waals surface area contributed by atoms with Crippen LogP contribution in [0, 0.1) is 23.7 Å². The molecule has 312 valence electrons. The number of cyclic esters (lactones) is 1. The summed E-state index contributed by atoms with van der Waals surface area (Å²) in [6.45, 7) is 12.0. The summed E-state index contributed by atoms with van der Waals surface area (Å²) >= 11 is 0. The molecule has 1 aliphatic carbocycles. The highest BCUT2D eigenvalue weighted by Gasteiger charge is 2.53. The molecule has 1 saturated carbocycles. The average Bonchev–Trinajstić information content (AvgIpc) is 3.97. The van der Waals surface area contributed by atoms with E-state index in [0.717, 1.165) is 11.1 Å². The molecule has 0 spiro atoms. The zero-order valence-corrected chi connectivity index (χ0v) is 33.9. The molecular formula is C38H65N7O10. The highest BCUT2D eigenvalue weighted by molar-refractivity contribution is 6.00. The molecule has 2 aliphatic heterocycles. The molecule has 13 atom stereocenters. The van der Waals surface area contributed by atoms with Crippen LogP contribution in [0.15, 0.2) is 17.1 Å². The predicted octanol–water partition coefficient (Wildman–Crippen LogP) is -0.0378. The maximum atomic E-state index is 14.4. The lowest BCUT2D eigenvalue weighted by molar-refractivity contribution is -0.297. The number of rotatable bonds is 12. The van der Waals surface area contributed by atoms with Crippen molar-refractivity contribution >= 4 is 24.0 Å². The number of Topliss-reactive ketones (excluding diaryl/α,β-unsaturated/α-hetero) is 1. The van der Waals surface area contributed by atoms with Gasteiger partial charge in [-0.15, -0.1) is 0 Å². The number of hydrogen-bond acceptors (Lipinski definition) is 15. The van der Waals surface area contributed by atoms with Crippen LogP contribution in [0.5, 0.6) is 0 Å². The summed E-state index contributed by atoms with van der Waals surface area (Å²) in [6, 6.07) is -0.965. The van der Waals surface area contributed by atoms with Gasteiger partial charge < -0.3 is 55.7 Å². The Morgan fingerprint density at radius 3 is 2.45 bits per heavy atom. The Morgan fingerprint density at radius 1 is 1.18 bits per heavy atom. The number of aliphatic hydroxyl groups excluding tert-OH is 1. The van der Waals surface area contributed by atoms with Crippen molar-refractivity contribution in [3.63, 3.8) is 0 Å². The number of carbonyl (C=O) groups is 3. The lowest BCUT2D eigenvalue weighted by Crippen LogP contribution is -2.68. The maximum Gasteiger partial charge on any atom is 0.352 e. The lowest BCUT2D eigenvalue weighted by Gasteiger charge is -2.47. The number of anilines is 1. The minimum absolute atomic E-state index is 0.0240. The molecule has 1 aromatic heterocycles. The number of aliphatic hydroxyl groups is 2. The van der Waals surface area contributed by atoms with Gasteiger partial charge >= 0.3 is 11.7 Å². The Hall–Kier alpha value is -3.03. The molecule has 3 aliphatic rings. The molecule has 1 amide bonds. The molecule has 3 heterocycles. The monoisotopic (exact) mass is 779 g/mol. The smallest absolute Gasteiger partial charge is 0.352 e. The van der Waals surface area contributed by atoms with E-state index in [4.69, 9.17) is 24.7 Å². The Bertz CT molecular complexity index is 1510. The summed E-state index contributed by atoms with van der Waals surface area (Å²) in [5, 5.41) is 33.7. The zero-order valence-electron chi connectivity index (χ0n) is 33.9. The second-order valence-electron chi connectivity index (χ2n) is 16.4. The number of likely N-dealkylation sites (N-methyl/N-ethyl adjacent to an activating group) is 1. The molecule has 3 fully saturated rings. The fourth-order valence-corrected chi connectivity index (χ4v) is 8.24. The van der Waals surface area contributed by atoms with E-state index in [-0.39, 0.29) is 30.3 Å². The van der Waals surface area contributed by atoms with Gasteiger partial charge in [-0.2, -0.15) is 4.98 Å². The lowest BCUT2D eigenvalue weighted by atomic mass is 9.78. The summed E-state index contributed by atoms with van der Waals surface area (Å²) < 4.78 is 26.2. The zero-order chi connectivity index (χ0) is 40.8. The van der Waals surface area contributed by atoms with Crippen molar-refractivity contribution in [3.8, 4) is 0 Å². The molecule has 2 unspecified atom stereocenters. The number of esters is 1. The predicted molar refractivity (Wildman–Crippen MR) is 203 cm³/mol. The van der Waals surface area contributed by atoms with Gasteiger partial charge in [-0.05, 0) is 98.0 Å². The molecule has 2 saturated heterocycles.